The van der Waals surface area contributed by atoms with Gasteiger partial charge in [-0.05, 0) is 24.6 Å². The number of amides is 2. The summed E-state index contributed by atoms with van der Waals surface area (Å²) in [5.41, 5.74) is 1.04. The lowest BCUT2D eigenvalue weighted by Crippen LogP contribution is -2.60. The summed E-state index contributed by atoms with van der Waals surface area (Å²) < 4.78 is 10.8. The van der Waals surface area contributed by atoms with Gasteiger partial charge in [-0.15, -0.1) is 0 Å². The molecule has 1 unspecified atom stereocenters. The molecule has 2 amide bonds. The fourth-order valence-electron chi connectivity index (χ4n) is 3.63. The molecule has 8 nitrogen and oxygen atoms in total. The third-order valence-electron chi connectivity index (χ3n) is 5.16. The summed E-state index contributed by atoms with van der Waals surface area (Å²) in [7, 11) is 0. The Bertz CT molecular complexity index is 1020. The molecule has 1 fully saturated rings. The van der Waals surface area contributed by atoms with E-state index in [2.05, 4.69) is 10.1 Å². The first kappa shape index (κ1) is 20.6. The second-order valence-corrected chi connectivity index (χ2v) is 7.39. The monoisotopic (exact) mass is 420 g/mol. The molecule has 0 bridgehead atoms. The molecular formula is C23H24N4O4. The van der Waals surface area contributed by atoms with E-state index in [1.165, 1.54) is 0 Å². The molecular weight excluding hydrogens is 396 g/mol. The Balaban J connectivity index is 1.49. The van der Waals surface area contributed by atoms with Gasteiger partial charge in [-0.3, -0.25) is 9.59 Å². The van der Waals surface area contributed by atoms with Crippen LogP contribution in [0.4, 0.5) is 0 Å². The van der Waals surface area contributed by atoms with Crippen molar-refractivity contribution in [3.05, 3.63) is 77.9 Å². The Morgan fingerprint density at radius 2 is 1.81 bits per heavy atom. The van der Waals surface area contributed by atoms with Gasteiger partial charge in [-0.25, -0.2) is 0 Å². The largest absolute Gasteiger partial charge is 0.484 e. The zero-order chi connectivity index (χ0) is 21.6. The van der Waals surface area contributed by atoms with Crippen LogP contribution in [0, 0.1) is 6.92 Å². The van der Waals surface area contributed by atoms with Crippen molar-refractivity contribution in [2.75, 3.05) is 19.7 Å². The summed E-state index contributed by atoms with van der Waals surface area (Å²) in [6, 6.07) is 18.2. The minimum Gasteiger partial charge on any atom is -0.484 e. The Morgan fingerprint density at radius 3 is 2.48 bits per heavy atom. The summed E-state index contributed by atoms with van der Waals surface area (Å²) in [4.78, 5) is 33.8. The average molecular weight is 420 g/mol. The van der Waals surface area contributed by atoms with E-state index in [0.717, 1.165) is 5.56 Å². The van der Waals surface area contributed by atoms with Gasteiger partial charge in [0, 0.05) is 19.6 Å². The van der Waals surface area contributed by atoms with Crippen molar-refractivity contribution >= 4 is 11.8 Å². The number of aromatic nitrogens is 2. The summed E-state index contributed by atoms with van der Waals surface area (Å²) >= 11 is 0. The van der Waals surface area contributed by atoms with Gasteiger partial charge in [0.2, 0.25) is 11.8 Å². The first-order valence-electron chi connectivity index (χ1n) is 10.2. The van der Waals surface area contributed by atoms with Crippen LogP contribution in [0.1, 0.15) is 17.3 Å². The maximum atomic E-state index is 13.3. The van der Waals surface area contributed by atoms with E-state index in [0.29, 0.717) is 37.1 Å². The Labute approximate surface area is 180 Å². The standard InChI is InChI=1S/C23H24N4O4/c1-17-24-21(31-25-17)14-20-23(29)26(15-18-8-4-2-5-9-18)12-13-27(20)22(28)16-30-19-10-6-3-7-11-19/h2-11,20H,12-16H2,1H3. The highest BCUT2D eigenvalue weighted by molar-refractivity contribution is 5.89. The molecule has 2 aromatic carbocycles. The van der Waals surface area contributed by atoms with Crippen LogP contribution in [-0.2, 0) is 22.6 Å². The lowest BCUT2D eigenvalue weighted by molar-refractivity contribution is -0.153. The molecule has 2 heterocycles. The number of para-hydroxylation sites is 1. The minimum absolute atomic E-state index is 0.140. The van der Waals surface area contributed by atoms with Crippen LogP contribution >= 0.6 is 0 Å². The van der Waals surface area contributed by atoms with E-state index < -0.39 is 6.04 Å². The van der Waals surface area contributed by atoms with Crippen molar-refractivity contribution in [1.29, 1.82) is 0 Å². The van der Waals surface area contributed by atoms with Crippen LogP contribution in [-0.4, -0.2) is 57.5 Å². The molecule has 8 heteroatoms. The van der Waals surface area contributed by atoms with Crippen LogP contribution in [0.15, 0.2) is 65.2 Å². The van der Waals surface area contributed by atoms with Gasteiger partial charge in [0.25, 0.3) is 5.91 Å². The van der Waals surface area contributed by atoms with E-state index in [-0.39, 0.29) is 24.8 Å². The number of piperazine rings is 1. The van der Waals surface area contributed by atoms with Gasteiger partial charge in [0.15, 0.2) is 12.4 Å². The molecule has 1 saturated heterocycles. The van der Waals surface area contributed by atoms with Gasteiger partial charge in [-0.2, -0.15) is 4.98 Å². The normalized spacial score (nSPS) is 16.4. The van der Waals surface area contributed by atoms with Crippen molar-refractivity contribution in [1.82, 2.24) is 19.9 Å². The molecule has 1 aromatic heterocycles. The number of rotatable bonds is 7. The van der Waals surface area contributed by atoms with Crippen LogP contribution in [0.5, 0.6) is 5.75 Å². The molecule has 1 atom stereocenters. The Kier molecular flexibility index (Phi) is 6.26. The fourth-order valence-corrected chi connectivity index (χ4v) is 3.63. The van der Waals surface area contributed by atoms with Crippen molar-refractivity contribution in [2.24, 2.45) is 0 Å². The third-order valence-corrected chi connectivity index (χ3v) is 5.16. The van der Waals surface area contributed by atoms with E-state index >= 15 is 0 Å². The molecule has 160 valence electrons. The summed E-state index contributed by atoms with van der Waals surface area (Å²) in [5, 5.41) is 3.80. The SMILES string of the molecule is Cc1noc(CC2C(=O)N(Cc3ccccc3)CCN2C(=O)COc2ccccc2)n1. The average Bonchev–Trinajstić information content (AvgIpc) is 3.21. The summed E-state index contributed by atoms with van der Waals surface area (Å²) in [6.45, 7) is 2.92. The number of ether oxygens (including phenoxy) is 1. The number of hydrogen-bond donors (Lipinski definition) is 0. The van der Waals surface area contributed by atoms with Gasteiger partial charge in [-0.1, -0.05) is 53.7 Å². The maximum Gasteiger partial charge on any atom is 0.261 e. The van der Waals surface area contributed by atoms with E-state index in [9.17, 15) is 9.59 Å². The third kappa shape index (κ3) is 5.09. The van der Waals surface area contributed by atoms with Crippen LogP contribution in [0.25, 0.3) is 0 Å². The van der Waals surface area contributed by atoms with Gasteiger partial charge in [0.05, 0.1) is 6.42 Å². The van der Waals surface area contributed by atoms with Crippen molar-refractivity contribution < 1.29 is 18.8 Å². The lowest BCUT2D eigenvalue weighted by atomic mass is 10.1. The zero-order valence-corrected chi connectivity index (χ0v) is 17.3. The number of benzene rings is 2. The van der Waals surface area contributed by atoms with E-state index in [1.807, 2.05) is 48.5 Å². The zero-order valence-electron chi connectivity index (χ0n) is 17.3. The molecule has 1 aliphatic rings. The predicted octanol–water partition coefficient (Wildman–Crippen LogP) is 2.24. The Morgan fingerprint density at radius 1 is 1.10 bits per heavy atom. The number of carbonyl (C=O) groups is 2. The highest BCUT2D eigenvalue weighted by Gasteiger charge is 2.38. The summed E-state index contributed by atoms with van der Waals surface area (Å²) in [5.74, 6) is 1.04. The number of hydrogen-bond acceptors (Lipinski definition) is 6. The molecule has 1 aliphatic heterocycles. The van der Waals surface area contributed by atoms with Crippen molar-refractivity contribution in [3.8, 4) is 5.75 Å². The van der Waals surface area contributed by atoms with Crippen molar-refractivity contribution in [3.63, 3.8) is 0 Å². The van der Waals surface area contributed by atoms with Crippen LogP contribution in [0.2, 0.25) is 0 Å². The topological polar surface area (TPSA) is 88.8 Å². The molecule has 0 radical (unpaired) electrons. The molecule has 0 saturated carbocycles. The Hall–Kier alpha value is -3.68. The summed E-state index contributed by atoms with van der Waals surface area (Å²) in [6.07, 6.45) is 0.169. The van der Waals surface area contributed by atoms with Crippen LogP contribution < -0.4 is 4.74 Å². The highest BCUT2D eigenvalue weighted by Crippen LogP contribution is 2.19. The number of carbonyl (C=O) groups excluding carboxylic acids is 2. The van der Waals surface area contributed by atoms with Crippen molar-refractivity contribution in [2.45, 2.75) is 25.9 Å². The second kappa shape index (κ2) is 9.42. The van der Waals surface area contributed by atoms with Crippen LogP contribution in [0.3, 0.4) is 0 Å². The maximum absolute atomic E-state index is 13.3. The molecule has 0 spiro atoms. The lowest BCUT2D eigenvalue weighted by Gasteiger charge is -2.40. The molecule has 3 aromatic rings. The van der Waals surface area contributed by atoms with E-state index in [4.69, 9.17) is 9.26 Å². The quantitative estimate of drug-likeness (QED) is 0.582. The smallest absolute Gasteiger partial charge is 0.261 e. The highest BCUT2D eigenvalue weighted by atomic mass is 16.5. The first-order valence-corrected chi connectivity index (χ1v) is 10.2. The van der Waals surface area contributed by atoms with Gasteiger partial charge >= 0.3 is 0 Å². The molecule has 0 aliphatic carbocycles. The fraction of sp³-hybridized carbons (Fsp3) is 0.304. The number of aryl methyl sites for hydroxylation is 1. The second-order valence-electron chi connectivity index (χ2n) is 7.39. The van der Waals surface area contributed by atoms with Gasteiger partial charge < -0.3 is 19.1 Å². The number of nitrogens with zero attached hydrogens (tertiary/aromatic N) is 4. The minimum atomic E-state index is -0.718. The molecule has 0 N–H and O–H groups in total. The predicted molar refractivity (Wildman–Crippen MR) is 112 cm³/mol. The molecule has 31 heavy (non-hydrogen) atoms. The molecule has 4 rings (SSSR count). The van der Waals surface area contributed by atoms with E-state index in [1.54, 1.807) is 28.9 Å². The first-order chi connectivity index (χ1) is 15.1. The van der Waals surface area contributed by atoms with Gasteiger partial charge in [0.1, 0.15) is 11.8 Å².